The van der Waals surface area contributed by atoms with Gasteiger partial charge in [-0.1, -0.05) is 6.92 Å². The second-order valence-corrected chi connectivity index (χ2v) is 3.91. The van der Waals surface area contributed by atoms with Crippen LogP contribution in [0.1, 0.15) is 13.3 Å². The highest BCUT2D eigenvalue weighted by Gasteiger charge is 2.40. The highest BCUT2D eigenvalue weighted by Crippen LogP contribution is 2.23. The van der Waals surface area contributed by atoms with Crippen LogP contribution in [0.3, 0.4) is 0 Å². The molecule has 0 aliphatic rings. The first-order valence-electron chi connectivity index (χ1n) is 5.68. The van der Waals surface area contributed by atoms with Crippen molar-refractivity contribution in [2.45, 2.75) is 25.6 Å². The molecule has 0 aliphatic heterocycles. The average molecular weight is 278 g/mol. The van der Waals surface area contributed by atoms with Crippen LogP contribution in [0.15, 0.2) is 24.3 Å². The van der Waals surface area contributed by atoms with Crippen molar-refractivity contribution in [3.63, 3.8) is 0 Å². The van der Waals surface area contributed by atoms with Crippen molar-refractivity contribution in [1.29, 1.82) is 0 Å². The third-order valence-corrected chi connectivity index (χ3v) is 2.36. The van der Waals surface area contributed by atoms with E-state index in [0.29, 0.717) is 0 Å². The Balaban J connectivity index is 2.60. The summed E-state index contributed by atoms with van der Waals surface area (Å²) in [6.45, 7) is 1.63. The second-order valence-electron chi connectivity index (χ2n) is 3.91. The Labute approximate surface area is 108 Å². The van der Waals surface area contributed by atoms with Crippen LogP contribution in [0.4, 0.5) is 23.2 Å². The van der Waals surface area contributed by atoms with E-state index in [9.17, 15) is 22.4 Å². The molecule has 0 heterocycles. The third-order valence-electron chi connectivity index (χ3n) is 2.36. The molecule has 0 bridgehead atoms. The second kappa shape index (κ2) is 6.51. The summed E-state index contributed by atoms with van der Waals surface area (Å²) in [5, 5.41) is 4.49. The van der Waals surface area contributed by atoms with Crippen LogP contribution in [-0.4, -0.2) is 24.7 Å². The van der Waals surface area contributed by atoms with E-state index in [-0.39, 0.29) is 12.2 Å². The predicted molar refractivity (Wildman–Crippen MR) is 63.2 cm³/mol. The van der Waals surface area contributed by atoms with Gasteiger partial charge in [0.1, 0.15) is 11.9 Å². The van der Waals surface area contributed by atoms with Crippen molar-refractivity contribution in [1.82, 2.24) is 5.32 Å². The Morgan fingerprint density at radius 2 is 1.84 bits per heavy atom. The van der Waals surface area contributed by atoms with E-state index in [2.05, 4.69) is 10.6 Å². The van der Waals surface area contributed by atoms with Crippen LogP contribution >= 0.6 is 0 Å². The molecule has 1 amide bonds. The first kappa shape index (κ1) is 15.4. The summed E-state index contributed by atoms with van der Waals surface area (Å²) in [5.41, 5.74) is 0.254. The van der Waals surface area contributed by atoms with Crippen LogP contribution in [0.5, 0.6) is 0 Å². The number of rotatable bonds is 5. The Morgan fingerprint density at radius 1 is 1.26 bits per heavy atom. The SMILES string of the molecule is CCNC(CC(=O)Nc1ccc(F)cc1)C(F)(F)F. The number of amides is 1. The summed E-state index contributed by atoms with van der Waals surface area (Å²) in [6, 6.07) is 2.90. The highest BCUT2D eigenvalue weighted by molar-refractivity contribution is 5.91. The average Bonchev–Trinajstić information content (AvgIpc) is 2.30. The standard InChI is InChI=1S/C12H14F4N2O/c1-2-17-10(12(14,15)16)7-11(19)18-9-5-3-8(13)4-6-9/h3-6,10,17H,2,7H2,1H3,(H,18,19). The maximum Gasteiger partial charge on any atom is 0.404 e. The topological polar surface area (TPSA) is 41.1 Å². The van der Waals surface area contributed by atoms with E-state index in [1.165, 1.54) is 19.1 Å². The first-order valence-corrected chi connectivity index (χ1v) is 5.68. The molecule has 1 atom stereocenters. The Morgan fingerprint density at radius 3 is 2.32 bits per heavy atom. The summed E-state index contributed by atoms with van der Waals surface area (Å²) < 4.78 is 50.3. The fourth-order valence-electron chi connectivity index (χ4n) is 1.48. The van der Waals surface area contributed by atoms with E-state index in [4.69, 9.17) is 0 Å². The lowest BCUT2D eigenvalue weighted by Gasteiger charge is -2.20. The molecule has 0 radical (unpaired) electrons. The molecule has 0 saturated carbocycles. The molecule has 0 saturated heterocycles. The van der Waals surface area contributed by atoms with Gasteiger partial charge in [0, 0.05) is 5.69 Å². The van der Waals surface area contributed by atoms with Crippen LogP contribution in [0.25, 0.3) is 0 Å². The molecule has 0 fully saturated rings. The van der Waals surface area contributed by atoms with Gasteiger partial charge in [0.25, 0.3) is 0 Å². The molecule has 0 spiro atoms. The molecular weight excluding hydrogens is 264 g/mol. The molecule has 1 unspecified atom stereocenters. The zero-order chi connectivity index (χ0) is 14.5. The normalized spacial score (nSPS) is 13.1. The number of carbonyl (C=O) groups excluding carboxylic acids is 1. The zero-order valence-electron chi connectivity index (χ0n) is 10.2. The number of nitrogens with one attached hydrogen (secondary N) is 2. The molecule has 1 aromatic rings. The van der Waals surface area contributed by atoms with E-state index in [1.54, 1.807) is 0 Å². The van der Waals surface area contributed by atoms with Gasteiger partial charge < -0.3 is 10.6 Å². The number of carbonyl (C=O) groups is 1. The lowest BCUT2D eigenvalue weighted by atomic mass is 10.2. The third kappa shape index (κ3) is 5.25. The van der Waals surface area contributed by atoms with Crippen LogP contribution in [-0.2, 0) is 4.79 Å². The number of hydrogen-bond donors (Lipinski definition) is 2. The summed E-state index contributed by atoms with van der Waals surface area (Å²) in [6.07, 6.45) is -5.22. The monoisotopic (exact) mass is 278 g/mol. The molecule has 1 rings (SSSR count). The maximum atomic E-state index is 12.6. The van der Waals surface area contributed by atoms with Gasteiger partial charge in [-0.25, -0.2) is 4.39 Å². The van der Waals surface area contributed by atoms with Gasteiger partial charge in [0.05, 0.1) is 6.42 Å². The minimum atomic E-state index is -4.49. The number of halogens is 4. The van der Waals surface area contributed by atoms with Crippen LogP contribution in [0.2, 0.25) is 0 Å². The summed E-state index contributed by atoms with van der Waals surface area (Å²) in [4.78, 5) is 11.5. The smallest absolute Gasteiger partial charge is 0.326 e. The maximum absolute atomic E-state index is 12.6. The number of hydrogen-bond acceptors (Lipinski definition) is 2. The van der Waals surface area contributed by atoms with Gasteiger partial charge in [-0.15, -0.1) is 0 Å². The Kier molecular flexibility index (Phi) is 5.29. The van der Waals surface area contributed by atoms with Gasteiger partial charge >= 0.3 is 6.18 Å². The quantitative estimate of drug-likeness (QED) is 0.813. The summed E-state index contributed by atoms with van der Waals surface area (Å²) in [5.74, 6) is -1.27. The van der Waals surface area contributed by atoms with Crippen molar-refractivity contribution in [2.75, 3.05) is 11.9 Å². The van der Waals surface area contributed by atoms with Crippen molar-refractivity contribution in [3.8, 4) is 0 Å². The molecule has 3 nitrogen and oxygen atoms in total. The minimum Gasteiger partial charge on any atom is -0.326 e. The van der Waals surface area contributed by atoms with Gasteiger partial charge in [-0.05, 0) is 30.8 Å². The first-order chi connectivity index (χ1) is 8.82. The van der Waals surface area contributed by atoms with E-state index in [1.807, 2.05) is 0 Å². The molecule has 2 N–H and O–H groups in total. The molecule has 0 aliphatic carbocycles. The molecule has 1 aromatic carbocycles. The van der Waals surface area contributed by atoms with Crippen molar-refractivity contribution >= 4 is 11.6 Å². The Hall–Kier alpha value is -1.63. The molecule has 106 valence electrons. The van der Waals surface area contributed by atoms with E-state index in [0.717, 1.165) is 12.1 Å². The fourth-order valence-corrected chi connectivity index (χ4v) is 1.48. The van der Waals surface area contributed by atoms with Crippen LogP contribution in [0, 0.1) is 5.82 Å². The summed E-state index contributed by atoms with van der Waals surface area (Å²) in [7, 11) is 0. The molecular formula is C12H14F4N2O. The Bertz CT molecular complexity index is 417. The van der Waals surface area contributed by atoms with Gasteiger partial charge in [-0.2, -0.15) is 13.2 Å². The largest absolute Gasteiger partial charge is 0.404 e. The highest BCUT2D eigenvalue weighted by atomic mass is 19.4. The number of alkyl halides is 3. The fraction of sp³-hybridized carbons (Fsp3) is 0.417. The summed E-state index contributed by atoms with van der Waals surface area (Å²) >= 11 is 0. The molecule has 0 aromatic heterocycles. The van der Waals surface area contributed by atoms with Crippen molar-refractivity contribution in [3.05, 3.63) is 30.1 Å². The molecule has 7 heteroatoms. The molecule has 19 heavy (non-hydrogen) atoms. The van der Waals surface area contributed by atoms with Gasteiger partial charge in [0.15, 0.2) is 0 Å². The predicted octanol–water partition coefficient (Wildman–Crippen LogP) is 2.69. The lowest BCUT2D eigenvalue weighted by molar-refractivity contribution is -0.160. The minimum absolute atomic E-state index is 0.105. The van der Waals surface area contributed by atoms with Gasteiger partial charge in [0.2, 0.25) is 5.91 Å². The van der Waals surface area contributed by atoms with E-state index >= 15 is 0 Å². The van der Waals surface area contributed by atoms with Crippen LogP contribution < -0.4 is 10.6 Å². The van der Waals surface area contributed by atoms with Gasteiger partial charge in [-0.3, -0.25) is 4.79 Å². The zero-order valence-corrected chi connectivity index (χ0v) is 10.2. The lowest BCUT2D eigenvalue weighted by Crippen LogP contribution is -2.44. The van der Waals surface area contributed by atoms with E-state index < -0.39 is 30.4 Å². The van der Waals surface area contributed by atoms with Crippen molar-refractivity contribution < 1.29 is 22.4 Å². The number of benzene rings is 1. The van der Waals surface area contributed by atoms with Crippen molar-refractivity contribution in [2.24, 2.45) is 0 Å². The number of anilines is 1.